The van der Waals surface area contributed by atoms with Gasteiger partial charge in [-0.3, -0.25) is 4.79 Å². The summed E-state index contributed by atoms with van der Waals surface area (Å²) in [5.41, 5.74) is 4.52. The number of carbonyl (C=O) groups excluding carboxylic acids is 1. The van der Waals surface area contributed by atoms with Gasteiger partial charge in [0.2, 0.25) is 5.91 Å². The summed E-state index contributed by atoms with van der Waals surface area (Å²) in [6, 6.07) is 11.9. The summed E-state index contributed by atoms with van der Waals surface area (Å²) in [5.74, 6) is 1.27. The Labute approximate surface area is 200 Å². The molecule has 2 N–H and O–H groups in total. The van der Waals surface area contributed by atoms with Crippen LogP contribution in [0, 0.1) is 12.7 Å². The highest BCUT2D eigenvalue weighted by atomic mass is 19.1. The number of unbranched alkanes of at least 4 members (excludes halogenated alkanes) is 1. The Kier molecular flexibility index (Phi) is 6.95. The Bertz CT molecular complexity index is 1150. The monoisotopic (exact) mass is 462 g/mol. The topological polar surface area (TPSA) is 73.4 Å². The second-order valence-corrected chi connectivity index (χ2v) is 8.62. The van der Waals surface area contributed by atoms with Crippen molar-refractivity contribution < 1.29 is 9.18 Å². The quantitative estimate of drug-likeness (QED) is 0.476. The summed E-state index contributed by atoms with van der Waals surface area (Å²) >= 11 is 0. The van der Waals surface area contributed by atoms with E-state index >= 15 is 0 Å². The molecule has 0 saturated heterocycles. The Balaban J connectivity index is 1.48. The van der Waals surface area contributed by atoms with E-state index in [1.165, 1.54) is 12.1 Å². The Hall–Kier alpha value is -3.68. The predicted molar refractivity (Wildman–Crippen MR) is 135 cm³/mol. The van der Waals surface area contributed by atoms with E-state index in [4.69, 9.17) is 4.98 Å². The van der Waals surface area contributed by atoms with E-state index in [-0.39, 0.29) is 17.8 Å². The van der Waals surface area contributed by atoms with Crippen molar-refractivity contribution in [3.05, 3.63) is 65.7 Å². The fraction of sp³-hybridized carbons (Fsp3) is 0.346. The van der Waals surface area contributed by atoms with Crippen LogP contribution in [0.25, 0.3) is 0 Å². The molecule has 0 bridgehead atoms. The van der Waals surface area contributed by atoms with E-state index in [9.17, 15) is 9.18 Å². The average molecular weight is 463 g/mol. The first-order valence-corrected chi connectivity index (χ1v) is 11.6. The highest BCUT2D eigenvalue weighted by Crippen LogP contribution is 2.39. The van der Waals surface area contributed by atoms with E-state index < -0.39 is 0 Å². The number of fused-ring (bicyclic) bond motifs is 1. The van der Waals surface area contributed by atoms with Crippen molar-refractivity contribution in [2.24, 2.45) is 0 Å². The van der Waals surface area contributed by atoms with Gasteiger partial charge in [0.1, 0.15) is 23.5 Å². The molecule has 8 heteroatoms. The fourth-order valence-electron chi connectivity index (χ4n) is 4.22. The maximum atomic E-state index is 13.1. The number of anilines is 5. The number of nitrogens with one attached hydrogen (secondary N) is 2. The van der Waals surface area contributed by atoms with Crippen LogP contribution in [-0.4, -0.2) is 35.5 Å². The van der Waals surface area contributed by atoms with Crippen LogP contribution >= 0.6 is 0 Å². The number of likely N-dealkylation sites (N-methyl/N-ethyl adjacent to an activating group) is 1. The van der Waals surface area contributed by atoms with Gasteiger partial charge in [0.05, 0.1) is 17.1 Å². The van der Waals surface area contributed by atoms with Crippen molar-refractivity contribution >= 4 is 34.6 Å². The number of rotatable bonds is 8. The SMILES string of the molecule is CCCCN1c2cc(NCc3ccc(Nc4ccc(F)cc4)nc3)nc(C)c2N(C)C(=O)[C@@H]1C. The molecule has 3 heterocycles. The Morgan fingerprint density at radius 3 is 2.56 bits per heavy atom. The zero-order chi connectivity index (χ0) is 24.2. The van der Waals surface area contributed by atoms with Crippen molar-refractivity contribution in [1.82, 2.24) is 9.97 Å². The van der Waals surface area contributed by atoms with Crippen molar-refractivity contribution in [3.8, 4) is 0 Å². The molecule has 2 aromatic heterocycles. The van der Waals surface area contributed by atoms with Gasteiger partial charge in [-0.15, -0.1) is 0 Å². The van der Waals surface area contributed by atoms with Crippen molar-refractivity contribution in [2.45, 2.75) is 46.2 Å². The third kappa shape index (κ3) is 4.95. The van der Waals surface area contributed by atoms with Crippen LogP contribution < -0.4 is 20.4 Å². The second-order valence-electron chi connectivity index (χ2n) is 8.62. The standard InChI is InChI=1S/C26H31FN6O/c1-5-6-13-33-18(3)26(34)32(4)25-17(2)30-24(14-22(25)33)29-16-19-7-12-23(28-15-19)31-21-10-8-20(27)9-11-21/h7-12,14-15,18H,5-6,13,16H2,1-4H3,(H,28,31)(H,29,30)/t18-/m0/s1. The third-order valence-electron chi connectivity index (χ3n) is 6.11. The van der Waals surface area contributed by atoms with Gasteiger partial charge in [0.15, 0.2) is 0 Å². The lowest BCUT2D eigenvalue weighted by atomic mass is 10.1. The van der Waals surface area contributed by atoms with E-state index in [0.717, 1.165) is 53.5 Å². The van der Waals surface area contributed by atoms with Gasteiger partial charge >= 0.3 is 0 Å². The molecular weight excluding hydrogens is 431 g/mol. The van der Waals surface area contributed by atoms with Gasteiger partial charge in [-0.25, -0.2) is 14.4 Å². The summed E-state index contributed by atoms with van der Waals surface area (Å²) in [5, 5.41) is 6.56. The highest BCUT2D eigenvalue weighted by molar-refractivity contribution is 6.05. The van der Waals surface area contributed by atoms with Crippen LogP contribution in [0.4, 0.5) is 33.1 Å². The smallest absolute Gasteiger partial charge is 0.249 e. The van der Waals surface area contributed by atoms with E-state index in [0.29, 0.717) is 12.4 Å². The lowest BCUT2D eigenvalue weighted by molar-refractivity contribution is -0.119. The first kappa shape index (κ1) is 23.5. The highest BCUT2D eigenvalue weighted by Gasteiger charge is 2.35. The molecule has 3 aromatic rings. The molecule has 1 aromatic carbocycles. The lowest BCUT2D eigenvalue weighted by Crippen LogP contribution is -2.51. The molecule has 1 aliphatic rings. The normalized spacial score (nSPS) is 15.3. The van der Waals surface area contributed by atoms with Gasteiger partial charge in [-0.1, -0.05) is 19.4 Å². The van der Waals surface area contributed by atoms with Gasteiger partial charge in [0, 0.05) is 38.1 Å². The number of hydrogen-bond acceptors (Lipinski definition) is 6. The molecule has 4 rings (SSSR count). The van der Waals surface area contributed by atoms with Crippen LogP contribution in [0.3, 0.4) is 0 Å². The van der Waals surface area contributed by atoms with Crippen LogP contribution in [-0.2, 0) is 11.3 Å². The number of aromatic nitrogens is 2. The number of nitrogens with zero attached hydrogens (tertiary/aromatic N) is 4. The molecule has 0 unspecified atom stereocenters. The van der Waals surface area contributed by atoms with E-state index in [1.54, 1.807) is 23.2 Å². The molecule has 0 radical (unpaired) electrons. The van der Waals surface area contributed by atoms with Crippen molar-refractivity contribution in [1.29, 1.82) is 0 Å². The minimum absolute atomic E-state index is 0.0922. The molecular formula is C26H31FN6O. The van der Waals surface area contributed by atoms with Crippen LogP contribution in [0.15, 0.2) is 48.7 Å². The minimum Gasteiger partial charge on any atom is -0.366 e. The van der Waals surface area contributed by atoms with Crippen LogP contribution in [0.1, 0.15) is 37.9 Å². The molecule has 1 aliphatic heterocycles. The number of carbonyl (C=O) groups is 1. The number of benzene rings is 1. The average Bonchev–Trinajstić information content (AvgIpc) is 2.83. The third-order valence-corrected chi connectivity index (χ3v) is 6.11. The predicted octanol–water partition coefficient (Wildman–Crippen LogP) is 5.25. The minimum atomic E-state index is -0.271. The number of hydrogen-bond donors (Lipinski definition) is 2. The van der Waals surface area contributed by atoms with Gasteiger partial charge in [-0.2, -0.15) is 0 Å². The molecule has 0 aliphatic carbocycles. The number of amides is 1. The van der Waals surface area contributed by atoms with E-state index in [1.807, 2.05) is 39.1 Å². The largest absolute Gasteiger partial charge is 0.366 e. The maximum Gasteiger partial charge on any atom is 0.249 e. The first-order chi connectivity index (χ1) is 16.4. The van der Waals surface area contributed by atoms with Crippen molar-refractivity contribution in [2.75, 3.05) is 34.0 Å². The second kappa shape index (κ2) is 10.1. The van der Waals surface area contributed by atoms with Gasteiger partial charge < -0.3 is 20.4 Å². The molecule has 34 heavy (non-hydrogen) atoms. The summed E-state index contributed by atoms with van der Waals surface area (Å²) in [6.07, 6.45) is 3.89. The summed E-state index contributed by atoms with van der Waals surface area (Å²) < 4.78 is 13.1. The Morgan fingerprint density at radius 1 is 1.12 bits per heavy atom. The zero-order valence-electron chi connectivity index (χ0n) is 20.1. The van der Waals surface area contributed by atoms with E-state index in [2.05, 4.69) is 27.4 Å². The van der Waals surface area contributed by atoms with Crippen LogP contribution in [0.2, 0.25) is 0 Å². The lowest BCUT2D eigenvalue weighted by Gasteiger charge is -2.41. The summed E-state index contributed by atoms with van der Waals surface area (Å²) in [4.78, 5) is 25.9. The zero-order valence-corrected chi connectivity index (χ0v) is 20.1. The van der Waals surface area contributed by atoms with Crippen molar-refractivity contribution in [3.63, 3.8) is 0 Å². The van der Waals surface area contributed by atoms with Gasteiger partial charge in [0.25, 0.3) is 0 Å². The molecule has 1 atom stereocenters. The Morgan fingerprint density at radius 2 is 1.88 bits per heavy atom. The van der Waals surface area contributed by atoms with Gasteiger partial charge in [-0.05, 0) is 56.2 Å². The first-order valence-electron chi connectivity index (χ1n) is 11.6. The van der Waals surface area contributed by atoms with Crippen LogP contribution in [0.5, 0.6) is 0 Å². The molecule has 178 valence electrons. The summed E-state index contributed by atoms with van der Waals surface area (Å²) in [6.45, 7) is 7.46. The number of halogens is 1. The molecule has 0 fully saturated rings. The number of aryl methyl sites for hydroxylation is 1. The fourth-order valence-corrected chi connectivity index (χ4v) is 4.22. The molecule has 1 amide bonds. The molecule has 0 saturated carbocycles. The maximum absolute atomic E-state index is 13.1. The molecule has 7 nitrogen and oxygen atoms in total. The molecule has 0 spiro atoms. The summed E-state index contributed by atoms with van der Waals surface area (Å²) in [7, 11) is 1.82. The number of pyridine rings is 2.